The summed E-state index contributed by atoms with van der Waals surface area (Å²) >= 11 is 0. The second-order valence-electron chi connectivity index (χ2n) is 4.35. The van der Waals surface area contributed by atoms with Crippen LogP contribution in [0.3, 0.4) is 0 Å². The first-order valence-electron chi connectivity index (χ1n) is 4.61. The van der Waals surface area contributed by atoms with Crippen molar-refractivity contribution in [3.8, 4) is 0 Å². The van der Waals surface area contributed by atoms with Crippen LogP contribution in [0.25, 0.3) is 0 Å². The fourth-order valence-electron chi connectivity index (χ4n) is 2.30. The molecule has 0 aromatic rings. The zero-order valence-electron chi connectivity index (χ0n) is 7.12. The summed E-state index contributed by atoms with van der Waals surface area (Å²) in [6, 6.07) is -0.103. The summed E-state index contributed by atoms with van der Waals surface area (Å²) < 4.78 is 0. The van der Waals surface area contributed by atoms with E-state index in [1.54, 1.807) is 0 Å². The summed E-state index contributed by atoms with van der Waals surface area (Å²) in [6.45, 7) is 0. The fraction of sp³-hybridized carbons (Fsp3) is 0.889. The van der Waals surface area contributed by atoms with Crippen LogP contribution in [0.15, 0.2) is 0 Å². The van der Waals surface area contributed by atoms with Crippen LogP contribution in [0.2, 0.25) is 0 Å². The van der Waals surface area contributed by atoms with E-state index in [2.05, 4.69) is 0 Å². The van der Waals surface area contributed by atoms with Crippen LogP contribution in [0.1, 0.15) is 32.1 Å². The van der Waals surface area contributed by atoms with Crippen molar-refractivity contribution in [1.82, 2.24) is 0 Å². The third-order valence-electron chi connectivity index (χ3n) is 3.45. The number of aliphatic carboxylic acids is 1. The van der Waals surface area contributed by atoms with Crippen molar-refractivity contribution in [1.29, 1.82) is 0 Å². The van der Waals surface area contributed by atoms with Crippen molar-refractivity contribution in [2.45, 2.75) is 38.1 Å². The Balaban J connectivity index is 2.05. The maximum atomic E-state index is 10.8. The minimum absolute atomic E-state index is 0.103. The van der Waals surface area contributed by atoms with Gasteiger partial charge in [-0.25, -0.2) is 0 Å². The lowest BCUT2D eigenvalue weighted by molar-refractivity contribution is -0.144. The van der Waals surface area contributed by atoms with E-state index in [1.807, 2.05) is 0 Å². The predicted octanol–water partition coefficient (Wildman–Crippen LogP) is 0.979. The van der Waals surface area contributed by atoms with Gasteiger partial charge in [0.1, 0.15) is 0 Å². The van der Waals surface area contributed by atoms with E-state index >= 15 is 0 Å². The van der Waals surface area contributed by atoms with Crippen molar-refractivity contribution in [3.05, 3.63) is 0 Å². The average molecular weight is 169 g/mol. The molecular formula is C9H15NO2. The van der Waals surface area contributed by atoms with Gasteiger partial charge in [-0.1, -0.05) is 0 Å². The number of rotatable bonds is 1. The van der Waals surface area contributed by atoms with E-state index in [4.69, 9.17) is 10.8 Å². The van der Waals surface area contributed by atoms with Gasteiger partial charge < -0.3 is 10.8 Å². The Bertz CT molecular complexity index is 211. The number of nitrogens with two attached hydrogens (primary N) is 1. The fourth-order valence-corrected chi connectivity index (χ4v) is 2.30. The van der Waals surface area contributed by atoms with Crippen molar-refractivity contribution in [2.24, 2.45) is 17.1 Å². The SMILES string of the molecule is NC1CCC2(CC2)CC1C(=O)O. The number of hydrogen-bond acceptors (Lipinski definition) is 2. The zero-order chi connectivity index (χ0) is 8.77. The number of carboxylic acids is 1. The molecule has 3 N–H and O–H groups in total. The lowest BCUT2D eigenvalue weighted by Crippen LogP contribution is -2.41. The lowest BCUT2D eigenvalue weighted by atomic mass is 9.76. The lowest BCUT2D eigenvalue weighted by Gasteiger charge is -2.31. The van der Waals surface area contributed by atoms with E-state index in [0.717, 1.165) is 19.3 Å². The molecule has 2 unspecified atom stereocenters. The first-order chi connectivity index (χ1) is 5.63. The molecule has 12 heavy (non-hydrogen) atoms. The maximum Gasteiger partial charge on any atom is 0.308 e. The van der Waals surface area contributed by atoms with Gasteiger partial charge >= 0.3 is 5.97 Å². The van der Waals surface area contributed by atoms with E-state index < -0.39 is 5.97 Å². The van der Waals surface area contributed by atoms with Gasteiger partial charge in [0.2, 0.25) is 0 Å². The number of carbonyl (C=O) groups is 1. The van der Waals surface area contributed by atoms with Gasteiger partial charge in [0.05, 0.1) is 5.92 Å². The monoisotopic (exact) mass is 169 g/mol. The molecule has 0 bridgehead atoms. The molecule has 0 aliphatic heterocycles. The predicted molar refractivity (Wildman–Crippen MR) is 44.6 cm³/mol. The Morgan fingerprint density at radius 2 is 2.08 bits per heavy atom. The minimum Gasteiger partial charge on any atom is -0.481 e. The van der Waals surface area contributed by atoms with Gasteiger partial charge in [0.15, 0.2) is 0 Å². The molecule has 0 heterocycles. The standard InChI is InChI=1S/C9H15NO2/c10-7-1-2-9(3-4-9)5-6(7)8(11)12/h6-7H,1-5,10H2,(H,11,12). The van der Waals surface area contributed by atoms with Gasteiger partial charge in [0, 0.05) is 6.04 Å². The Morgan fingerprint density at radius 1 is 1.42 bits per heavy atom. The van der Waals surface area contributed by atoms with E-state index in [0.29, 0.717) is 5.41 Å². The van der Waals surface area contributed by atoms with E-state index in [9.17, 15) is 4.79 Å². The highest BCUT2D eigenvalue weighted by atomic mass is 16.4. The van der Waals surface area contributed by atoms with Gasteiger partial charge in [-0.2, -0.15) is 0 Å². The second kappa shape index (κ2) is 2.46. The highest BCUT2D eigenvalue weighted by Crippen LogP contribution is 2.57. The van der Waals surface area contributed by atoms with Crippen LogP contribution in [0, 0.1) is 11.3 Å². The van der Waals surface area contributed by atoms with Crippen molar-refractivity contribution in [2.75, 3.05) is 0 Å². The summed E-state index contributed by atoms with van der Waals surface area (Å²) in [4.78, 5) is 10.8. The molecule has 0 amide bonds. The van der Waals surface area contributed by atoms with Crippen molar-refractivity contribution < 1.29 is 9.90 Å². The molecule has 2 atom stereocenters. The molecule has 1 spiro atoms. The first-order valence-corrected chi connectivity index (χ1v) is 4.61. The molecule has 0 aromatic carbocycles. The average Bonchev–Trinajstić information content (AvgIpc) is 2.76. The molecule has 68 valence electrons. The van der Waals surface area contributed by atoms with Crippen LogP contribution in [0.5, 0.6) is 0 Å². The van der Waals surface area contributed by atoms with E-state index in [1.165, 1.54) is 12.8 Å². The third-order valence-corrected chi connectivity index (χ3v) is 3.45. The highest BCUT2D eigenvalue weighted by Gasteiger charge is 2.49. The zero-order valence-corrected chi connectivity index (χ0v) is 7.12. The maximum absolute atomic E-state index is 10.8. The van der Waals surface area contributed by atoms with Crippen LogP contribution < -0.4 is 5.73 Å². The molecule has 2 fully saturated rings. The summed E-state index contributed by atoms with van der Waals surface area (Å²) in [5, 5.41) is 8.89. The smallest absolute Gasteiger partial charge is 0.308 e. The number of carboxylic acid groups (broad SMARTS) is 1. The van der Waals surface area contributed by atoms with Crippen LogP contribution in [0.4, 0.5) is 0 Å². The molecule has 2 saturated carbocycles. The van der Waals surface area contributed by atoms with Crippen LogP contribution in [-0.2, 0) is 4.79 Å². The Morgan fingerprint density at radius 3 is 2.58 bits per heavy atom. The molecular weight excluding hydrogens is 154 g/mol. The quantitative estimate of drug-likeness (QED) is 0.615. The molecule has 0 radical (unpaired) electrons. The normalized spacial score (nSPS) is 38.1. The van der Waals surface area contributed by atoms with Gasteiger partial charge in [-0.15, -0.1) is 0 Å². The largest absolute Gasteiger partial charge is 0.481 e. The Labute approximate surface area is 71.9 Å². The van der Waals surface area contributed by atoms with Crippen LogP contribution >= 0.6 is 0 Å². The molecule has 0 saturated heterocycles. The van der Waals surface area contributed by atoms with Crippen LogP contribution in [-0.4, -0.2) is 17.1 Å². The molecule has 2 aliphatic rings. The van der Waals surface area contributed by atoms with Gasteiger partial charge in [-0.05, 0) is 37.5 Å². The summed E-state index contributed by atoms with van der Waals surface area (Å²) in [5.41, 5.74) is 6.15. The summed E-state index contributed by atoms with van der Waals surface area (Å²) in [5.74, 6) is -0.977. The highest BCUT2D eigenvalue weighted by molar-refractivity contribution is 5.71. The first kappa shape index (κ1) is 8.05. The minimum atomic E-state index is -0.700. The Kier molecular flexibility index (Phi) is 1.65. The van der Waals surface area contributed by atoms with Gasteiger partial charge in [0.25, 0.3) is 0 Å². The molecule has 2 aliphatic carbocycles. The topological polar surface area (TPSA) is 63.3 Å². The molecule has 3 nitrogen and oxygen atoms in total. The molecule has 3 heteroatoms. The molecule has 0 aromatic heterocycles. The van der Waals surface area contributed by atoms with Gasteiger partial charge in [-0.3, -0.25) is 4.79 Å². The summed E-state index contributed by atoms with van der Waals surface area (Å²) in [6.07, 6.45) is 5.32. The van der Waals surface area contributed by atoms with Crippen molar-refractivity contribution >= 4 is 5.97 Å². The Hall–Kier alpha value is -0.570. The molecule has 2 rings (SSSR count). The summed E-state index contributed by atoms with van der Waals surface area (Å²) in [7, 11) is 0. The van der Waals surface area contributed by atoms with E-state index in [-0.39, 0.29) is 12.0 Å². The second-order valence-corrected chi connectivity index (χ2v) is 4.35. The third kappa shape index (κ3) is 1.22. The van der Waals surface area contributed by atoms with Crippen molar-refractivity contribution in [3.63, 3.8) is 0 Å². The number of hydrogen-bond donors (Lipinski definition) is 2.